The van der Waals surface area contributed by atoms with Crippen LogP contribution in [-0.4, -0.2) is 67.0 Å². The molecule has 3 amide bonds. The second-order valence-electron chi connectivity index (χ2n) is 8.99. The van der Waals surface area contributed by atoms with Gasteiger partial charge in [0.2, 0.25) is 0 Å². The fourth-order valence-electron chi connectivity index (χ4n) is 4.79. The fraction of sp³-hybridized carbons (Fsp3) is 0.435. The zero-order valence-electron chi connectivity index (χ0n) is 18.7. The van der Waals surface area contributed by atoms with Crippen LogP contribution in [0, 0.1) is 5.92 Å². The molecule has 34 heavy (non-hydrogen) atoms. The number of ether oxygens (including phenoxy) is 1. The number of piperazine rings is 1. The zero-order valence-corrected chi connectivity index (χ0v) is 18.7. The first-order valence-electron chi connectivity index (χ1n) is 11.0. The van der Waals surface area contributed by atoms with Crippen LogP contribution in [0.3, 0.4) is 0 Å². The van der Waals surface area contributed by atoms with E-state index in [-0.39, 0.29) is 17.5 Å². The van der Waals surface area contributed by atoms with Crippen LogP contribution in [-0.2, 0) is 4.79 Å². The summed E-state index contributed by atoms with van der Waals surface area (Å²) >= 11 is 0. The molecule has 2 aliphatic heterocycles. The van der Waals surface area contributed by atoms with Crippen LogP contribution >= 0.6 is 0 Å². The Bertz CT molecular complexity index is 1120. The van der Waals surface area contributed by atoms with Gasteiger partial charge >= 0.3 is 12.4 Å². The first-order valence-corrected chi connectivity index (χ1v) is 11.0. The number of urea groups is 1. The van der Waals surface area contributed by atoms with Gasteiger partial charge in [-0.25, -0.2) is 14.7 Å². The van der Waals surface area contributed by atoms with Crippen LogP contribution in [0.2, 0.25) is 0 Å². The van der Waals surface area contributed by atoms with Gasteiger partial charge in [-0.05, 0) is 49.7 Å². The van der Waals surface area contributed by atoms with E-state index in [1.54, 1.807) is 12.3 Å². The molecule has 1 aromatic heterocycles. The quantitative estimate of drug-likeness (QED) is 0.631. The van der Waals surface area contributed by atoms with Crippen molar-refractivity contribution in [2.75, 3.05) is 47.9 Å². The number of carbonyl (C=O) groups is 2. The highest BCUT2D eigenvalue weighted by Crippen LogP contribution is 2.55. The van der Waals surface area contributed by atoms with E-state index in [0.717, 1.165) is 49.0 Å². The molecule has 2 saturated heterocycles. The number of likely N-dealkylation sites (N-methyl/N-ethyl adjacent to an activating group) is 1. The van der Waals surface area contributed by atoms with E-state index >= 15 is 0 Å². The lowest BCUT2D eigenvalue weighted by Gasteiger charge is -2.33. The van der Waals surface area contributed by atoms with Gasteiger partial charge in [0.05, 0.1) is 11.4 Å². The molecule has 1 spiro atoms. The highest BCUT2D eigenvalue weighted by atomic mass is 19.4. The largest absolute Gasteiger partial charge is 0.573 e. The van der Waals surface area contributed by atoms with Gasteiger partial charge in [-0.2, -0.15) is 0 Å². The first kappa shape index (κ1) is 22.5. The number of rotatable bonds is 4. The molecule has 180 valence electrons. The number of anilines is 3. The second kappa shape index (κ2) is 7.86. The number of hydrogen-bond acceptors (Lipinski definition) is 6. The summed E-state index contributed by atoms with van der Waals surface area (Å²) in [6, 6.07) is 7.75. The molecule has 3 heterocycles. The van der Waals surface area contributed by atoms with Crippen LogP contribution in [0.5, 0.6) is 5.75 Å². The summed E-state index contributed by atoms with van der Waals surface area (Å²) in [4.78, 5) is 38.4. The maximum atomic E-state index is 13.5. The van der Waals surface area contributed by atoms with Gasteiger partial charge < -0.3 is 14.5 Å². The van der Waals surface area contributed by atoms with Crippen molar-refractivity contribution in [2.45, 2.75) is 25.2 Å². The monoisotopic (exact) mass is 475 g/mol. The minimum absolute atomic E-state index is 0.0537. The van der Waals surface area contributed by atoms with E-state index in [1.165, 1.54) is 17.0 Å². The SMILES string of the molecule is CC1CC12C(=O)N(c1ccc(OC(F)(F)F)cc1)C(=O)N2c1ccnc(N2CCN(C)CC2)c1. The molecule has 11 heteroatoms. The van der Waals surface area contributed by atoms with Crippen molar-refractivity contribution in [3.05, 3.63) is 42.6 Å². The molecule has 8 nitrogen and oxygen atoms in total. The number of halogens is 3. The molecular weight excluding hydrogens is 451 g/mol. The summed E-state index contributed by atoms with van der Waals surface area (Å²) in [6.07, 6.45) is -2.68. The molecular formula is C23H24F3N5O3. The van der Waals surface area contributed by atoms with Gasteiger partial charge in [-0.15, -0.1) is 13.2 Å². The molecule has 1 saturated carbocycles. The minimum Gasteiger partial charge on any atom is -0.406 e. The van der Waals surface area contributed by atoms with E-state index < -0.39 is 23.7 Å². The Hall–Kier alpha value is -3.34. The lowest BCUT2D eigenvalue weighted by molar-refractivity contribution is -0.274. The molecule has 0 radical (unpaired) electrons. The molecule has 5 rings (SSSR count). The Kier molecular flexibility index (Phi) is 5.19. The number of benzene rings is 1. The number of alkyl halides is 3. The van der Waals surface area contributed by atoms with Gasteiger partial charge in [-0.3, -0.25) is 9.69 Å². The number of aromatic nitrogens is 1. The normalized spacial score (nSPS) is 25.4. The van der Waals surface area contributed by atoms with E-state index in [9.17, 15) is 22.8 Å². The summed E-state index contributed by atoms with van der Waals surface area (Å²) < 4.78 is 41.4. The fourth-order valence-corrected chi connectivity index (χ4v) is 4.79. The van der Waals surface area contributed by atoms with Crippen molar-refractivity contribution in [3.63, 3.8) is 0 Å². The van der Waals surface area contributed by atoms with Crippen LogP contribution in [0.15, 0.2) is 42.6 Å². The van der Waals surface area contributed by atoms with Crippen molar-refractivity contribution in [2.24, 2.45) is 5.92 Å². The summed E-state index contributed by atoms with van der Waals surface area (Å²) in [6.45, 7) is 5.32. The standard InChI is InChI=1S/C23H24F3N5O3/c1-15-14-22(15)20(32)30(16-3-5-18(6-4-16)34-23(24,25)26)21(33)31(22)17-7-8-27-19(13-17)29-11-9-28(2)10-12-29/h3-8,13,15H,9-12,14H2,1-2H3. The first-order chi connectivity index (χ1) is 16.1. The highest BCUT2D eigenvalue weighted by Gasteiger charge is 2.70. The number of hydrogen-bond donors (Lipinski definition) is 0. The predicted octanol–water partition coefficient (Wildman–Crippen LogP) is 3.48. The molecule has 1 aromatic carbocycles. The topological polar surface area (TPSA) is 69.2 Å². The van der Waals surface area contributed by atoms with Crippen LogP contribution in [0.4, 0.5) is 35.2 Å². The Balaban J connectivity index is 1.45. The van der Waals surface area contributed by atoms with Crippen LogP contribution in [0.1, 0.15) is 13.3 Å². The summed E-state index contributed by atoms with van der Waals surface area (Å²) in [5.41, 5.74) is -0.233. The van der Waals surface area contributed by atoms with E-state index in [2.05, 4.69) is 26.6 Å². The Labute approximate surface area is 194 Å². The second-order valence-corrected chi connectivity index (χ2v) is 8.99. The lowest BCUT2D eigenvalue weighted by atomic mass is 10.1. The molecule has 2 aromatic rings. The van der Waals surface area contributed by atoms with Gasteiger partial charge in [0.15, 0.2) is 0 Å². The maximum Gasteiger partial charge on any atom is 0.573 e. The number of amides is 3. The predicted molar refractivity (Wildman–Crippen MR) is 119 cm³/mol. The zero-order chi connectivity index (χ0) is 24.3. The molecule has 3 fully saturated rings. The van der Waals surface area contributed by atoms with Crippen LogP contribution in [0.25, 0.3) is 0 Å². The molecule has 0 bridgehead atoms. The molecule has 0 N–H and O–H groups in total. The van der Waals surface area contributed by atoms with Crippen molar-refractivity contribution in [1.29, 1.82) is 0 Å². The van der Waals surface area contributed by atoms with Gasteiger partial charge in [0.1, 0.15) is 17.1 Å². The number of nitrogens with zero attached hydrogens (tertiary/aromatic N) is 5. The van der Waals surface area contributed by atoms with Crippen molar-refractivity contribution >= 4 is 29.1 Å². The number of imide groups is 1. The molecule has 2 unspecified atom stereocenters. The third-order valence-corrected chi connectivity index (χ3v) is 6.77. The minimum atomic E-state index is -4.83. The maximum absolute atomic E-state index is 13.5. The molecule has 1 aliphatic carbocycles. The van der Waals surface area contributed by atoms with Crippen LogP contribution < -0.4 is 19.4 Å². The van der Waals surface area contributed by atoms with E-state index in [4.69, 9.17) is 0 Å². The van der Waals surface area contributed by atoms with Crippen molar-refractivity contribution < 1.29 is 27.5 Å². The smallest absolute Gasteiger partial charge is 0.406 e. The lowest BCUT2D eigenvalue weighted by Crippen LogP contribution is -2.45. The highest BCUT2D eigenvalue weighted by molar-refractivity contribution is 6.31. The Morgan fingerprint density at radius 2 is 1.68 bits per heavy atom. The van der Waals surface area contributed by atoms with Gasteiger partial charge in [0, 0.05) is 38.4 Å². The summed E-state index contributed by atoms with van der Waals surface area (Å²) in [5, 5.41) is 0. The third kappa shape index (κ3) is 3.73. The molecule has 3 aliphatic rings. The average Bonchev–Trinajstić information content (AvgIpc) is 3.40. The summed E-state index contributed by atoms with van der Waals surface area (Å²) in [5.74, 6) is -0.122. The van der Waals surface area contributed by atoms with Gasteiger partial charge in [0.25, 0.3) is 5.91 Å². The third-order valence-electron chi connectivity index (χ3n) is 6.77. The molecule has 2 atom stereocenters. The van der Waals surface area contributed by atoms with Crippen molar-refractivity contribution in [1.82, 2.24) is 9.88 Å². The van der Waals surface area contributed by atoms with E-state index in [0.29, 0.717) is 12.1 Å². The van der Waals surface area contributed by atoms with Crippen molar-refractivity contribution in [3.8, 4) is 5.75 Å². The average molecular weight is 475 g/mol. The summed E-state index contributed by atoms with van der Waals surface area (Å²) in [7, 11) is 2.06. The number of pyridine rings is 1. The van der Waals surface area contributed by atoms with E-state index in [1.807, 2.05) is 13.0 Å². The Morgan fingerprint density at radius 1 is 1.03 bits per heavy atom. The van der Waals surface area contributed by atoms with Gasteiger partial charge in [-0.1, -0.05) is 6.92 Å². The number of carbonyl (C=O) groups excluding carboxylic acids is 2. The Morgan fingerprint density at radius 3 is 2.26 bits per heavy atom.